The van der Waals surface area contributed by atoms with Crippen LogP contribution in [0.25, 0.3) is 0 Å². The fraction of sp³-hybridized carbons (Fsp3) is 0.500. The number of methoxy groups -OCH3 is 1. The monoisotopic (exact) mass is 231 g/mol. The van der Waals surface area contributed by atoms with E-state index < -0.39 is 0 Å². The first-order valence-corrected chi connectivity index (χ1v) is 6.14. The lowest BCUT2D eigenvalue weighted by atomic mass is 9.84. The van der Waals surface area contributed by atoms with Gasteiger partial charge in [-0.05, 0) is 48.4 Å². The van der Waals surface area contributed by atoms with Crippen LogP contribution in [0.3, 0.4) is 0 Å². The van der Waals surface area contributed by atoms with Crippen LogP contribution in [0.1, 0.15) is 27.9 Å². The predicted octanol–water partition coefficient (Wildman–Crippen LogP) is 1.55. The molecule has 3 rings (SSSR count). The fourth-order valence-electron chi connectivity index (χ4n) is 3.25. The standard InChI is InChI=1S/C14H17NO2/c1-17-13(16)11-4-2-3-10-7-14(8-12(10)11)5-6-15-9-14/h2-4,15H,5-9H2,1H3. The minimum atomic E-state index is -0.204. The second-order valence-electron chi connectivity index (χ2n) is 5.22. The summed E-state index contributed by atoms with van der Waals surface area (Å²) < 4.78 is 4.86. The van der Waals surface area contributed by atoms with Gasteiger partial charge in [0.25, 0.3) is 0 Å². The molecule has 1 aromatic rings. The lowest BCUT2D eigenvalue weighted by Gasteiger charge is -2.20. The van der Waals surface area contributed by atoms with Crippen molar-refractivity contribution in [2.75, 3.05) is 20.2 Å². The highest BCUT2D eigenvalue weighted by Gasteiger charge is 2.40. The lowest BCUT2D eigenvalue weighted by Crippen LogP contribution is -2.24. The van der Waals surface area contributed by atoms with Crippen molar-refractivity contribution >= 4 is 5.97 Å². The van der Waals surface area contributed by atoms with E-state index in [1.807, 2.05) is 12.1 Å². The van der Waals surface area contributed by atoms with Crippen LogP contribution in [0.15, 0.2) is 18.2 Å². The van der Waals surface area contributed by atoms with Crippen LogP contribution < -0.4 is 5.32 Å². The van der Waals surface area contributed by atoms with E-state index in [-0.39, 0.29) is 5.97 Å². The van der Waals surface area contributed by atoms with Gasteiger partial charge in [-0.2, -0.15) is 0 Å². The average molecular weight is 231 g/mol. The van der Waals surface area contributed by atoms with Gasteiger partial charge < -0.3 is 10.1 Å². The summed E-state index contributed by atoms with van der Waals surface area (Å²) in [5.41, 5.74) is 3.65. The normalized spacial score (nSPS) is 26.2. The molecular formula is C14H17NO2. The van der Waals surface area contributed by atoms with Gasteiger partial charge in [0.15, 0.2) is 0 Å². The van der Waals surface area contributed by atoms with Crippen LogP contribution >= 0.6 is 0 Å². The summed E-state index contributed by atoms with van der Waals surface area (Å²) in [5, 5.41) is 3.44. The predicted molar refractivity (Wildman–Crippen MR) is 65.1 cm³/mol. The number of ether oxygens (including phenoxy) is 1. The van der Waals surface area contributed by atoms with Crippen LogP contribution in [-0.2, 0) is 17.6 Å². The van der Waals surface area contributed by atoms with Crippen molar-refractivity contribution in [2.24, 2.45) is 5.41 Å². The highest BCUT2D eigenvalue weighted by Crippen LogP contribution is 2.42. The molecule has 3 nitrogen and oxygen atoms in total. The topological polar surface area (TPSA) is 38.3 Å². The van der Waals surface area contributed by atoms with E-state index in [2.05, 4.69) is 11.4 Å². The average Bonchev–Trinajstić information content (AvgIpc) is 2.94. The van der Waals surface area contributed by atoms with Crippen LogP contribution in [0.5, 0.6) is 0 Å². The van der Waals surface area contributed by atoms with Gasteiger partial charge in [0.05, 0.1) is 12.7 Å². The van der Waals surface area contributed by atoms with Gasteiger partial charge in [-0.3, -0.25) is 0 Å². The Bertz CT molecular complexity index is 461. The maximum Gasteiger partial charge on any atom is 0.338 e. The maximum atomic E-state index is 11.7. The SMILES string of the molecule is COC(=O)c1cccc2c1CC1(CCNC1)C2. The summed E-state index contributed by atoms with van der Waals surface area (Å²) in [5.74, 6) is -0.204. The molecule has 0 aromatic heterocycles. The van der Waals surface area contributed by atoms with Crippen molar-refractivity contribution in [2.45, 2.75) is 19.3 Å². The summed E-state index contributed by atoms with van der Waals surface area (Å²) in [6.45, 7) is 2.17. The van der Waals surface area contributed by atoms with Crippen LogP contribution in [0.2, 0.25) is 0 Å². The summed E-state index contributed by atoms with van der Waals surface area (Å²) in [6, 6.07) is 5.99. The molecule has 2 aliphatic rings. The Kier molecular flexibility index (Phi) is 2.44. The number of hydrogen-bond acceptors (Lipinski definition) is 3. The first-order chi connectivity index (χ1) is 8.24. The molecule has 0 saturated carbocycles. The molecule has 1 N–H and O–H groups in total. The van der Waals surface area contributed by atoms with Crippen LogP contribution in [0.4, 0.5) is 0 Å². The van der Waals surface area contributed by atoms with Gasteiger partial charge in [0, 0.05) is 6.54 Å². The third-order valence-electron chi connectivity index (χ3n) is 4.13. The number of hydrogen-bond donors (Lipinski definition) is 1. The Balaban J connectivity index is 1.99. The number of benzene rings is 1. The van der Waals surface area contributed by atoms with E-state index in [1.165, 1.54) is 24.7 Å². The molecule has 0 amide bonds. The van der Waals surface area contributed by atoms with Gasteiger partial charge >= 0.3 is 5.97 Å². The van der Waals surface area contributed by atoms with Crippen LogP contribution in [0, 0.1) is 5.41 Å². The zero-order valence-electron chi connectivity index (χ0n) is 10.1. The Morgan fingerprint density at radius 2 is 2.29 bits per heavy atom. The maximum absolute atomic E-state index is 11.7. The minimum absolute atomic E-state index is 0.204. The van der Waals surface area contributed by atoms with Crippen molar-refractivity contribution < 1.29 is 9.53 Å². The zero-order chi connectivity index (χ0) is 11.9. The van der Waals surface area contributed by atoms with Crippen LogP contribution in [-0.4, -0.2) is 26.2 Å². The molecular weight excluding hydrogens is 214 g/mol. The lowest BCUT2D eigenvalue weighted by molar-refractivity contribution is 0.0599. The summed E-state index contributed by atoms with van der Waals surface area (Å²) in [7, 11) is 1.45. The molecule has 1 aliphatic heterocycles. The quantitative estimate of drug-likeness (QED) is 0.745. The van der Waals surface area contributed by atoms with E-state index in [9.17, 15) is 4.79 Å². The molecule has 1 unspecified atom stereocenters. The van der Waals surface area contributed by atoms with Gasteiger partial charge in [-0.25, -0.2) is 4.79 Å². The van der Waals surface area contributed by atoms with E-state index in [1.54, 1.807) is 0 Å². The van der Waals surface area contributed by atoms with Crippen molar-refractivity contribution in [3.8, 4) is 0 Å². The van der Waals surface area contributed by atoms with Gasteiger partial charge in [-0.1, -0.05) is 12.1 Å². The molecule has 3 heteroatoms. The second-order valence-corrected chi connectivity index (χ2v) is 5.22. The Morgan fingerprint density at radius 1 is 1.41 bits per heavy atom. The van der Waals surface area contributed by atoms with E-state index in [0.717, 1.165) is 31.5 Å². The van der Waals surface area contributed by atoms with Gasteiger partial charge in [-0.15, -0.1) is 0 Å². The molecule has 90 valence electrons. The number of carbonyl (C=O) groups is 1. The molecule has 0 bridgehead atoms. The first-order valence-electron chi connectivity index (χ1n) is 6.14. The molecule has 1 heterocycles. The van der Waals surface area contributed by atoms with Crippen molar-refractivity contribution in [1.29, 1.82) is 0 Å². The van der Waals surface area contributed by atoms with E-state index in [4.69, 9.17) is 4.74 Å². The highest BCUT2D eigenvalue weighted by molar-refractivity contribution is 5.91. The van der Waals surface area contributed by atoms with Gasteiger partial charge in [0.1, 0.15) is 0 Å². The zero-order valence-corrected chi connectivity index (χ0v) is 10.1. The number of esters is 1. The number of carbonyl (C=O) groups excluding carboxylic acids is 1. The largest absolute Gasteiger partial charge is 0.465 e. The first kappa shape index (κ1) is 10.8. The molecule has 1 aliphatic carbocycles. The summed E-state index contributed by atoms with van der Waals surface area (Å²) in [6.07, 6.45) is 3.32. The minimum Gasteiger partial charge on any atom is -0.465 e. The van der Waals surface area contributed by atoms with Crippen molar-refractivity contribution in [3.63, 3.8) is 0 Å². The molecule has 1 fully saturated rings. The molecule has 0 radical (unpaired) electrons. The summed E-state index contributed by atoms with van der Waals surface area (Å²) in [4.78, 5) is 11.7. The molecule has 1 aromatic carbocycles. The second kappa shape index (κ2) is 3.84. The fourth-order valence-corrected chi connectivity index (χ4v) is 3.25. The number of nitrogens with one attached hydrogen (secondary N) is 1. The molecule has 1 atom stereocenters. The third kappa shape index (κ3) is 1.65. The number of fused-ring (bicyclic) bond motifs is 1. The Hall–Kier alpha value is -1.35. The molecule has 1 saturated heterocycles. The molecule has 1 spiro atoms. The highest BCUT2D eigenvalue weighted by atomic mass is 16.5. The Morgan fingerprint density at radius 3 is 3.00 bits per heavy atom. The Labute approximate surface area is 101 Å². The number of rotatable bonds is 1. The van der Waals surface area contributed by atoms with Gasteiger partial charge in [0.2, 0.25) is 0 Å². The molecule has 17 heavy (non-hydrogen) atoms. The third-order valence-corrected chi connectivity index (χ3v) is 4.13. The summed E-state index contributed by atoms with van der Waals surface area (Å²) >= 11 is 0. The smallest absolute Gasteiger partial charge is 0.338 e. The van der Waals surface area contributed by atoms with Crippen molar-refractivity contribution in [1.82, 2.24) is 5.32 Å². The van der Waals surface area contributed by atoms with E-state index >= 15 is 0 Å². The van der Waals surface area contributed by atoms with Crippen molar-refractivity contribution in [3.05, 3.63) is 34.9 Å². The van der Waals surface area contributed by atoms with E-state index in [0.29, 0.717) is 5.41 Å².